The van der Waals surface area contributed by atoms with Crippen LogP contribution in [0.3, 0.4) is 0 Å². The monoisotopic (exact) mass is 209 g/mol. The van der Waals surface area contributed by atoms with E-state index in [0.717, 1.165) is 30.6 Å². The highest BCUT2D eigenvalue weighted by Crippen LogP contribution is 2.36. The molecule has 0 bridgehead atoms. The fraction of sp³-hybridized carbons (Fsp3) is 0.500. The van der Waals surface area contributed by atoms with Crippen LogP contribution in [0.15, 0.2) is 12.3 Å². The molecule has 3 nitrogen and oxygen atoms in total. The van der Waals surface area contributed by atoms with E-state index in [1.54, 1.807) is 6.20 Å². The van der Waals surface area contributed by atoms with Gasteiger partial charge in [-0.05, 0) is 18.9 Å². The zero-order chi connectivity index (χ0) is 9.54. The van der Waals surface area contributed by atoms with Crippen molar-refractivity contribution >= 4 is 23.1 Å². The minimum Gasteiger partial charge on any atom is -0.380 e. The molecule has 1 fully saturated rings. The molecule has 3 rings (SSSR count). The van der Waals surface area contributed by atoms with Gasteiger partial charge in [0.2, 0.25) is 0 Å². The standard InChI is InChI=1S/C10H12ClN3/c11-7-5-9-10(13-6-7)14(4-3-12-9)8-1-2-8/h5-6,8,12H,1-4H2. The maximum Gasteiger partial charge on any atom is 0.152 e. The molecule has 0 amide bonds. The maximum absolute atomic E-state index is 5.90. The normalized spacial score (nSPS) is 20.2. The lowest BCUT2D eigenvalue weighted by atomic mass is 10.3. The number of halogens is 1. The van der Waals surface area contributed by atoms with E-state index in [9.17, 15) is 0 Å². The molecule has 1 aliphatic heterocycles. The first kappa shape index (κ1) is 8.36. The highest BCUT2D eigenvalue weighted by atomic mass is 35.5. The number of nitrogens with one attached hydrogen (secondary N) is 1. The molecule has 1 aromatic rings. The Labute approximate surface area is 88.1 Å². The van der Waals surface area contributed by atoms with Crippen LogP contribution in [-0.2, 0) is 0 Å². The summed E-state index contributed by atoms with van der Waals surface area (Å²) in [6, 6.07) is 2.68. The Kier molecular flexibility index (Phi) is 1.80. The van der Waals surface area contributed by atoms with Crippen LogP contribution < -0.4 is 10.2 Å². The summed E-state index contributed by atoms with van der Waals surface area (Å²) in [7, 11) is 0. The van der Waals surface area contributed by atoms with Crippen LogP contribution in [0, 0.1) is 0 Å². The van der Waals surface area contributed by atoms with Gasteiger partial charge in [-0.25, -0.2) is 4.98 Å². The van der Waals surface area contributed by atoms with Crippen molar-refractivity contribution < 1.29 is 0 Å². The molecule has 1 aromatic heterocycles. The average Bonchev–Trinajstić information content (AvgIpc) is 2.99. The number of rotatable bonds is 1. The lowest BCUT2D eigenvalue weighted by molar-refractivity contribution is 0.766. The van der Waals surface area contributed by atoms with Crippen molar-refractivity contribution in [1.29, 1.82) is 0 Å². The molecule has 0 unspecified atom stereocenters. The van der Waals surface area contributed by atoms with Gasteiger partial charge in [0.15, 0.2) is 5.82 Å². The summed E-state index contributed by atoms with van der Waals surface area (Å²) >= 11 is 5.90. The van der Waals surface area contributed by atoms with Gasteiger partial charge in [-0.1, -0.05) is 11.6 Å². The second kappa shape index (κ2) is 3.02. The van der Waals surface area contributed by atoms with Crippen LogP contribution in [-0.4, -0.2) is 24.1 Å². The molecule has 1 N–H and O–H groups in total. The molecule has 74 valence electrons. The van der Waals surface area contributed by atoms with Gasteiger partial charge in [-0.2, -0.15) is 0 Å². The van der Waals surface area contributed by atoms with Crippen LogP contribution in [0.5, 0.6) is 0 Å². The van der Waals surface area contributed by atoms with Crippen molar-refractivity contribution in [2.75, 3.05) is 23.3 Å². The van der Waals surface area contributed by atoms with E-state index in [1.165, 1.54) is 12.8 Å². The minimum absolute atomic E-state index is 0.703. The molecular weight excluding hydrogens is 198 g/mol. The van der Waals surface area contributed by atoms with Crippen molar-refractivity contribution in [2.45, 2.75) is 18.9 Å². The van der Waals surface area contributed by atoms with E-state index in [2.05, 4.69) is 15.2 Å². The zero-order valence-electron chi connectivity index (χ0n) is 7.83. The largest absolute Gasteiger partial charge is 0.380 e. The van der Waals surface area contributed by atoms with Gasteiger partial charge >= 0.3 is 0 Å². The third-order valence-electron chi connectivity index (χ3n) is 2.76. The smallest absolute Gasteiger partial charge is 0.152 e. The molecule has 0 atom stereocenters. The third kappa shape index (κ3) is 1.32. The summed E-state index contributed by atoms with van der Waals surface area (Å²) in [5.41, 5.74) is 1.08. The summed E-state index contributed by atoms with van der Waals surface area (Å²) in [6.07, 6.45) is 4.34. The molecule has 14 heavy (non-hydrogen) atoms. The van der Waals surface area contributed by atoms with Crippen LogP contribution in [0.2, 0.25) is 5.02 Å². The fourth-order valence-electron chi connectivity index (χ4n) is 1.95. The topological polar surface area (TPSA) is 28.2 Å². The van der Waals surface area contributed by atoms with Crippen molar-refractivity contribution in [3.8, 4) is 0 Å². The summed E-state index contributed by atoms with van der Waals surface area (Å²) in [4.78, 5) is 6.78. The Hall–Kier alpha value is -0.960. The number of aromatic nitrogens is 1. The van der Waals surface area contributed by atoms with Gasteiger partial charge in [0.25, 0.3) is 0 Å². The maximum atomic E-state index is 5.90. The van der Waals surface area contributed by atoms with Crippen LogP contribution in [0.4, 0.5) is 11.5 Å². The van der Waals surface area contributed by atoms with Crippen molar-refractivity contribution in [2.24, 2.45) is 0 Å². The van der Waals surface area contributed by atoms with Crippen molar-refractivity contribution in [1.82, 2.24) is 4.98 Å². The Morgan fingerprint density at radius 3 is 3.14 bits per heavy atom. The molecule has 2 aliphatic rings. The molecule has 0 saturated heterocycles. The van der Waals surface area contributed by atoms with Gasteiger partial charge < -0.3 is 10.2 Å². The Morgan fingerprint density at radius 1 is 1.50 bits per heavy atom. The zero-order valence-corrected chi connectivity index (χ0v) is 8.59. The highest BCUT2D eigenvalue weighted by molar-refractivity contribution is 6.30. The predicted octanol–water partition coefficient (Wildman–Crippen LogP) is 2.13. The summed E-state index contributed by atoms with van der Waals surface area (Å²) in [5.74, 6) is 1.07. The Balaban J connectivity index is 2.01. The molecule has 0 aromatic carbocycles. The first-order chi connectivity index (χ1) is 6.84. The van der Waals surface area contributed by atoms with Gasteiger partial charge in [0.1, 0.15) is 0 Å². The molecule has 4 heteroatoms. The molecular formula is C10H12ClN3. The number of fused-ring (bicyclic) bond motifs is 1. The number of hydrogen-bond donors (Lipinski definition) is 1. The second-order valence-corrected chi connectivity index (χ2v) is 4.31. The van der Waals surface area contributed by atoms with E-state index in [4.69, 9.17) is 11.6 Å². The van der Waals surface area contributed by atoms with E-state index in [1.807, 2.05) is 6.07 Å². The lowest BCUT2D eigenvalue weighted by Gasteiger charge is -2.30. The summed E-state index contributed by atoms with van der Waals surface area (Å²) in [5, 5.41) is 4.03. The number of hydrogen-bond acceptors (Lipinski definition) is 3. The number of pyridine rings is 1. The van der Waals surface area contributed by atoms with E-state index in [-0.39, 0.29) is 0 Å². The van der Waals surface area contributed by atoms with Gasteiger partial charge in [-0.15, -0.1) is 0 Å². The van der Waals surface area contributed by atoms with Gasteiger partial charge in [-0.3, -0.25) is 0 Å². The van der Waals surface area contributed by atoms with E-state index >= 15 is 0 Å². The van der Waals surface area contributed by atoms with Crippen molar-refractivity contribution in [3.05, 3.63) is 17.3 Å². The Bertz CT molecular complexity index is 362. The SMILES string of the molecule is Clc1cnc2c(c1)NCCN2C1CC1. The van der Waals surface area contributed by atoms with E-state index in [0.29, 0.717) is 5.02 Å². The number of nitrogens with zero attached hydrogens (tertiary/aromatic N) is 2. The first-order valence-electron chi connectivity index (χ1n) is 5.00. The van der Waals surface area contributed by atoms with Crippen LogP contribution >= 0.6 is 11.6 Å². The van der Waals surface area contributed by atoms with Crippen molar-refractivity contribution in [3.63, 3.8) is 0 Å². The first-order valence-corrected chi connectivity index (χ1v) is 5.38. The van der Waals surface area contributed by atoms with Crippen LogP contribution in [0.1, 0.15) is 12.8 Å². The van der Waals surface area contributed by atoms with Crippen LogP contribution in [0.25, 0.3) is 0 Å². The number of anilines is 2. The molecule has 0 radical (unpaired) electrons. The molecule has 1 aliphatic carbocycles. The lowest BCUT2D eigenvalue weighted by Crippen LogP contribution is -2.36. The quantitative estimate of drug-likeness (QED) is 0.768. The molecule has 2 heterocycles. The molecule has 1 saturated carbocycles. The average molecular weight is 210 g/mol. The molecule has 0 spiro atoms. The predicted molar refractivity (Wildman–Crippen MR) is 58.1 cm³/mol. The minimum atomic E-state index is 0.703. The highest BCUT2D eigenvalue weighted by Gasteiger charge is 2.32. The summed E-state index contributed by atoms with van der Waals surface area (Å²) < 4.78 is 0. The second-order valence-electron chi connectivity index (χ2n) is 3.88. The Morgan fingerprint density at radius 2 is 2.36 bits per heavy atom. The van der Waals surface area contributed by atoms with Gasteiger partial charge in [0, 0.05) is 25.3 Å². The fourth-order valence-corrected chi connectivity index (χ4v) is 2.11. The third-order valence-corrected chi connectivity index (χ3v) is 2.97. The van der Waals surface area contributed by atoms with E-state index < -0.39 is 0 Å². The summed E-state index contributed by atoms with van der Waals surface area (Å²) in [6.45, 7) is 2.05. The van der Waals surface area contributed by atoms with Gasteiger partial charge in [0.05, 0.1) is 10.7 Å².